The van der Waals surface area contributed by atoms with Gasteiger partial charge in [-0.15, -0.1) is 0 Å². The molecule has 0 atom stereocenters. The largest absolute Gasteiger partial charge is 0.456 e. The number of rotatable bonds is 6. The number of nitrogens with zero attached hydrogens (tertiary/aromatic N) is 5. The van der Waals surface area contributed by atoms with E-state index >= 15 is 0 Å². The summed E-state index contributed by atoms with van der Waals surface area (Å²) in [7, 11) is 0. The zero-order chi connectivity index (χ0) is 16.9. The number of aromatic nitrogens is 4. The van der Waals surface area contributed by atoms with Crippen LogP contribution in [-0.4, -0.2) is 30.5 Å². The van der Waals surface area contributed by atoms with Crippen LogP contribution in [0.5, 0.6) is 0 Å². The summed E-state index contributed by atoms with van der Waals surface area (Å²) < 4.78 is 7.98. The predicted molar refractivity (Wildman–Crippen MR) is 82.1 cm³/mol. The first-order valence-electron chi connectivity index (χ1n) is 7.03. The van der Waals surface area contributed by atoms with Crippen molar-refractivity contribution in [1.29, 1.82) is 0 Å². The molecule has 3 aromatic rings. The molecule has 0 N–H and O–H groups in total. The molecular formula is C15H13N5O4. The Bertz CT molecular complexity index is 856. The Morgan fingerprint density at radius 2 is 2.00 bits per heavy atom. The second-order valence-corrected chi connectivity index (χ2v) is 4.94. The van der Waals surface area contributed by atoms with Crippen molar-refractivity contribution in [3.05, 3.63) is 76.4 Å². The molecule has 0 unspecified atom stereocenters. The van der Waals surface area contributed by atoms with Crippen LogP contribution in [0.2, 0.25) is 0 Å². The van der Waals surface area contributed by atoms with Gasteiger partial charge in [0.25, 0.3) is 0 Å². The van der Waals surface area contributed by atoms with Crippen LogP contribution in [0.3, 0.4) is 0 Å². The van der Waals surface area contributed by atoms with Crippen molar-refractivity contribution < 1.29 is 14.5 Å². The van der Waals surface area contributed by atoms with Crippen LogP contribution in [0.4, 0.5) is 5.69 Å². The average Bonchev–Trinajstić information content (AvgIpc) is 3.24. The maximum atomic E-state index is 12.0. The lowest BCUT2D eigenvalue weighted by Crippen LogP contribution is -2.11. The minimum absolute atomic E-state index is 0.107. The van der Waals surface area contributed by atoms with E-state index in [1.165, 1.54) is 21.6 Å². The zero-order valence-electron chi connectivity index (χ0n) is 12.5. The van der Waals surface area contributed by atoms with Crippen molar-refractivity contribution in [2.24, 2.45) is 0 Å². The molecule has 0 fully saturated rings. The van der Waals surface area contributed by atoms with E-state index in [0.717, 1.165) is 11.8 Å². The summed E-state index contributed by atoms with van der Waals surface area (Å²) in [4.78, 5) is 22.1. The van der Waals surface area contributed by atoms with Crippen LogP contribution in [0.15, 0.2) is 55.0 Å². The Kier molecular flexibility index (Phi) is 4.32. The van der Waals surface area contributed by atoms with Gasteiger partial charge in [-0.2, -0.15) is 10.2 Å². The first kappa shape index (κ1) is 15.4. The van der Waals surface area contributed by atoms with Gasteiger partial charge in [0, 0.05) is 6.20 Å². The third-order valence-corrected chi connectivity index (χ3v) is 3.18. The van der Waals surface area contributed by atoms with E-state index in [2.05, 4.69) is 10.2 Å². The summed E-state index contributed by atoms with van der Waals surface area (Å²) in [6, 6.07) is 10.8. The van der Waals surface area contributed by atoms with E-state index < -0.39 is 10.9 Å². The number of benzene rings is 1. The lowest BCUT2D eigenvalue weighted by molar-refractivity contribution is -0.385. The Hall–Kier alpha value is -3.49. The van der Waals surface area contributed by atoms with Gasteiger partial charge in [-0.1, -0.05) is 30.3 Å². The summed E-state index contributed by atoms with van der Waals surface area (Å²) in [5.74, 6) is -0.538. The third kappa shape index (κ3) is 3.64. The Balaban J connectivity index is 1.60. The lowest BCUT2D eigenvalue weighted by atomic mass is 10.2. The van der Waals surface area contributed by atoms with Crippen molar-refractivity contribution in [3.8, 4) is 0 Å². The van der Waals surface area contributed by atoms with E-state index in [0.29, 0.717) is 0 Å². The topological polar surface area (TPSA) is 105 Å². The van der Waals surface area contributed by atoms with Gasteiger partial charge in [-0.05, 0) is 11.6 Å². The first-order chi connectivity index (χ1) is 11.6. The fourth-order valence-electron chi connectivity index (χ4n) is 2.02. The summed E-state index contributed by atoms with van der Waals surface area (Å²) >= 11 is 0. The number of hydrogen-bond donors (Lipinski definition) is 0. The molecule has 0 spiro atoms. The Morgan fingerprint density at radius 3 is 2.71 bits per heavy atom. The molecule has 24 heavy (non-hydrogen) atoms. The Labute approximate surface area is 136 Å². The van der Waals surface area contributed by atoms with Crippen molar-refractivity contribution in [2.45, 2.75) is 13.3 Å². The third-order valence-electron chi connectivity index (χ3n) is 3.18. The molecule has 0 saturated heterocycles. The van der Waals surface area contributed by atoms with Crippen LogP contribution in [0, 0.1) is 10.1 Å². The molecule has 0 aliphatic carbocycles. The molecule has 9 nitrogen and oxygen atoms in total. The van der Waals surface area contributed by atoms with E-state index in [1.54, 1.807) is 6.20 Å². The maximum Gasteiger partial charge on any atom is 0.359 e. The molecule has 122 valence electrons. The average molecular weight is 327 g/mol. The molecule has 0 radical (unpaired) electrons. The minimum atomic E-state index is -0.538. The van der Waals surface area contributed by atoms with Crippen molar-refractivity contribution in [1.82, 2.24) is 19.6 Å². The number of nitro groups is 1. The molecule has 0 bridgehead atoms. The van der Waals surface area contributed by atoms with Crippen molar-refractivity contribution in [2.75, 3.05) is 0 Å². The molecule has 0 aliphatic rings. The number of esters is 1. The Morgan fingerprint density at radius 1 is 1.21 bits per heavy atom. The van der Waals surface area contributed by atoms with Gasteiger partial charge < -0.3 is 4.74 Å². The molecule has 0 aliphatic heterocycles. The normalized spacial score (nSPS) is 10.5. The first-order valence-corrected chi connectivity index (χ1v) is 7.03. The number of hydrogen-bond acceptors (Lipinski definition) is 6. The van der Waals surface area contributed by atoms with Crippen LogP contribution < -0.4 is 0 Å². The highest BCUT2D eigenvalue weighted by atomic mass is 16.6. The summed E-state index contributed by atoms with van der Waals surface area (Å²) in [5, 5.41) is 18.6. The van der Waals surface area contributed by atoms with Gasteiger partial charge in [0.05, 0.1) is 4.92 Å². The molecule has 9 heteroatoms. The number of carbonyl (C=O) groups is 1. The smallest absolute Gasteiger partial charge is 0.359 e. The molecule has 2 heterocycles. The SMILES string of the molecule is O=C(OCc1ccccc1)c1ccn(Cn2cc([N+](=O)[O-])cn2)n1. The predicted octanol–water partition coefficient (Wildman–Crippen LogP) is 1.85. The van der Waals surface area contributed by atoms with Gasteiger partial charge in [0.2, 0.25) is 0 Å². The highest BCUT2D eigenvalue weighted by Crippen LogP contribution is 2.08. The maximum absolute atomic E-state index is 12.0. The van der Waals surface area contributed by atoms with Gasteiger partial charge >= 0.3 is 11.7 Å². The van der Waals surface area contributed by atoms with E-state index in [4.69, 9.17) is 4.74 Å². The highest BCUT2D eigenvalue weighted by Gasteiger charge is 2.13. The fourth-order valence-corrected chi connectivity index (χ4v) is 2.02. The van der Waals surface area contributed by atoms with Crippen LogP contribution in [0.25, 0.3) is 0 Å². The van der Waals surface area contributed by atoms with E-state index in [1.807, 2.05) is 30.3 Å². The molecule has 3 rings (SSSR count). The summed E-state index contributed by atoms with van der Waals surface area (Å²) in [6.07, 6.45) is 4.01. The minimum Gasteiger partial charge on any atom is -0.456 e. The van der Waals surface area contributed by atoms with Gasteiger partial charge in [-0.25, -0.2) is 9.48 Å². The second-order valence-electron chi connectivity index (χ2n) is 4.94. The van der Waals surface area contributed by atoms with Crippen LogP contribution in [0.1, 0.15) is 16.1 Å². The van der Waals surface area contributed by atoms with Gasteiger partial charge in [0.15, 0.2) is 5.69 Å². The highest BCUT2D eigenvalue weighted by molar-refractivity contribution is 5.87. The quantitative estimate of drug-likeness (QED) is 0.389. The standard InChI is InChI=1S/C15H13N5O4/c21-15(24-10-12-4-2-1-3-5-12)14-6-7-18(17-14)11-19-9-13(8-16-19)20(22)23/h1-9H,10-11H2. The number of ether oxygens (including phenoxy) is 1. The van der Waals surface area contributed by atoms with E-state index in [9.17, 15) is 14.9 Å². The van der Waals surface area contributed by atoms with Crippen molar-refractivity contribution in [3.63, 3.8) is 0 Å². The fraction of sp³-hybridized carbons (Fsp3) is 0.133. The molecule has 1 aromatic carbocycles. The summed E-state index contributed by atoms with van der Waals surface area (Å²) in [6.45, 7) is 0.317. The molecular weight excluding hydrogens is 314 g/mol. The zero-order valence-corrected chi connectivity index (χ0v) is 12.5. The molecule has 2 aromatic heterocycles. The lowest BCUT2D eigenvalue weighted by Gasteiger charge is -2.03. The van der Waals surface area contributed by atoms with Gasteiger partial charge in [0.1, 0.15) is 25.7 Å². The van der Waals surface area contributed by atoms with E-state index in [-0.39, 0.29) is 24.7 Å². The molecule has 0 amide bonds. The van der Waals surface area contributed by atoms with Crippen LogP contribution >= 0.6 is 0 Å². The molecule has 0 saturated carbocycles. The van der Waals surface area contributed by atoms with Crippen LogP contribution in [-0.2, 0) is 18.0 Å². The van der Waals surface area contributed by atoms with Gasteiger partial charge in [-0.3, -0.25) is 14.8 Å². The van der Waals surface area contributed by atoms with Crippen molar-refractivity contribution >= 4 is 11.7 Å². The monoisotopic (exact) mass is 327 g/mol. The number of carbonyl (C=O) groups excluding carboxylic acids is 1. The summed E-state index contributed by atoms with van der Waals surface area (Å²) in [5.41, 5.74) is 0.936. The second kappa shape index (κ2) is 6.73.